The van der Waals surface area contributed by atoms with E-state index in [0.29, 0.717) is 0 Å². The summed E-state index contributed by atoms with van der Waals surface area (Å²) < 4.78 is 15.4. The first-order valence-corrected chi connectivity index (χ1v) is 7.50. The number of nitrogens with zero attached hydrogens (tertiary/aromatic N) is 3. The predicted octanol–water partition coefficient (Wildman–Crippen LogP) is 1.61. The first kappa shape index (κ1) is 17.9. The van der Waals surface area contributed by atoms with Gasteiger partial charge in [-0.15, -0.1) is 10.2 Å². The summed E-state index contributed by atoms with van der Waals surface area (Å²) in [7, 11) is 5.16. The fraction of sp³-hybridized carbons (Fsp3) is 0.800. The average Bonchev–Trinajstić information content (AvgIpc) is 2.50. The van der Waals surface area contributed by atoms with Crippen LogP contribution in [0.2, 0.25) is 0 Å². The Morgan fingerprint density at radius 1 is 0.667 bits per heavy atom. The molecule has 0 aliphatic heterocycles. The van der Waals surface area contributed by atoms with E-state index >= 15 is 0 Å². The van der Waals surface area contributed by atoms with Gasteiger partial charge in [-0.2, -0.15) is 0 Å². The van der Waals surface area contributed by atoms with Crippen LogP contribution in [0.3, 0.4) is 0 Å². The Hall–Kier alpha value is -1.11. The maximum atomic E-state index is 5.14. The topological polar surface area (TPSA) is 66.4 Å². The van der Waals surface area contributed by atoms with Gasteiger partial charge in [0.25, 0.3) is 0 Å². The van der Waals surface area contributed by atoms with Crippen molar-refractivity contribution in [2.75, 3.05) is 41.2 Å². The number of aromatic nitrogens is 3. The minimum absolute atomic E-state index is 0.737. The second-order valence-corrected chi connectivity index (χ2v) is 4.95. The molecular formula is C15H27N3O3. The zero-order valence-corrected chi connectivity index (χ0v) is 13.4. The van der Waals surface area contributed by atoms with E-state index in [1.165, 1.54) is 5.56 Å². The van der Waals surface area contributed by atoms with Crippen LogP contribution >= 0.6 is 0 Å². The molecule has 0 amide bonds. The van der Waals surface area contributed by atoms with Gasteiger partial charge in [0.2, 0.25) is 0 Å². The van der Waals surface area contributed by atoms with Crippen LogP contribution in [0.25, 0.3) is 0 Å². The van der Waals surface area contributed by atoms with Gasteiger partial charge in [-0.1, -0.05) is 0 Å². The molecule has 0 saturated heterocycles. The molecule has 1 rings (SSSR count). The zero-order valence-electron chi connectivity index (χ0n) is 13.4. The molecule has 0 aliphatic carbocycles. The molecule has 0 fully saturated rings. The molecule has 0 aromatic carbocycles. The van der Waals surface area contributed by atoms with Crippen LogP contribution in [0.1, 0.15) is 36.2 Å². The maximum absolute atomic E-state index is 5.14. The van der Waals surface area contributed by atoms with Crippen molar-refractivity contribution in [3.8, 4) is 0 Å². The molecule has 120 valence electrons. The number of rotatable bonds is 12. The lowest BCUT2D eigenvalue weighted by molar-refractivity contribution is 0.192. The summed E-state index contributed by atoms with van der Waals surface area (Å²) in [6, 6.07) is 0. The molecule has 0 saturated carbocycles. The summed E-state index contributed by atoms with van der Waals surface area (Å²) in [6.07, 6.45) is 5.55. The first-order valence-electron chi connectivity index (χ1n) is 7.50. The molecule has 1 heterocycles. The van der Waals surface area contributed by atoms with Crippen LogP contribution in [0.5, 0.6) is 0 Å². The summed E-state index contributed by atoms with van der Waals surface area (Å²) in [5.41, 5.74) is 3.32. The quantitative estimate of drug-likeness (QED) is 0.546. The number of aryl methyl sites for hydroxylation is 2. The van der Waals surface area contributed by atoms with Crippen molar-refractivity contribution in [3.05, 3.63) is 17.0 Å². The Kier molecular flexibility index (Phi) is 9.86. The van der Waals surface area contributed by atoms with Crippen molar-refractivity contribution in [1.82, 2.24) is 15.4 Å². The van der Waals surface area contributed by atoms with Gasteiger partial charge in [-0.25, -0.2) is 0 Å². The van der Waals surface area contributed by atoms with Crippen LogP contribution in [-0.4, -0.2) is 56.6 Å². The highest BCUT2D eigenvalue weighted by Crippen LogP contribution is 2.15. The van der Waals surface area contributed by atoms with Gasteiger partial charge in [0.05, 0.1) is 11.4 Å². The van der Waals surface area contributed by atoms with E-state index in [-0.39, 0.29) is 0 Å². The summed E-state index contributed by atoms with van der Waals surface area (Å²) >= 11 is 0. The molecule has 0 N–H and O–H groups in total. The fourth-order valence-corrected chi connectivity index (χ4v) is 2.27. The molecule has 0 bridgehead atoms. The molecule has 1 aromatic rings. The largest absolute Gasteiger partial charge is 0.385 e. The van der Waals surface area contributed by atoms with Gasteiger partial charge in [0.15, 0.2) is 0 Å². The number of ether oxygens (including phenoxy) is 3. The third-order valence-electron chi connectivity index (χ3n) is 3.33. The zero-order chi connectivity index (χ0) is 15.3. The van der Waals surface area contributed by atoms with E-state index in [4.69, 9.17) is 14.2 Å². The Morgan fingerprint density at radius 2 is 1.10 bits per heavy atom. The van der Waals surface area contributed by atoms with Crippen LogP contribution < -0.4 is 0 Å². The Labute approximate surface area is 127 Å². The molecule has 0 unspecified atom stereocenters. The minimum Gasteiger partial charge on any atom is -0.385 e. The number of hydrogen-bond acceptors (Lipinski definition) is 6. The highest BCUT2D eigenvalue weighted by molar-refractivity contribution is 5.24. The standard InChI is InChI=1S/C15H27N3O3/c1-19-10-4-7-13-14(8-5-11-20-2)16-18-17-15(13)9-6-12-21-3/h4-12H2,1-3H3. The van der Waals surface area contributed by atoms with E-state index in [1.54, 1.807) is 21.3 Å². The van der Waals surface area contributed by atoms with E-state index in [1.807, 2.05) is 0 Å². The van der Waals surface area contributed by atoms with Crippen LogP contribution in [0, 0.1) is 0 Å². The van der Waals surface area contributed by atoms with Gasteiger partial charge in [0, 0.05) is 41.2 Å². The minimum atomic E-state index is 0.737. The SMILES string of the molecule is COCCCc1nnnc(CCCOC)c1CCCOC. The lowest BCUT2D eigenvalue weighted by Crippen LogP contribution is -2.11. The summed E-state index contributed by atoms with van der Waals surface area (Å²) in [5, 5.41) is 12.4. The van der Waals surface area contributed by atoms with Crippen LogP contribution in [0.15, 0.2) is 0 Å². The van der Waals surface area contributed by atoms with Crippen molar-refractivity contribution in [2.24, 2.45) is 0 Å². The molecule has 0 radical (unpaired) electrons. The molecule has 21 heavy (non-hydrogen) atoms. The van der Waals surface area contributed by atoms with Gasteiger partial charge in [-0.3, -0.25) is 0 Å². The molecule has 1 aromatic heterocycles. The lowest BCUT2D eigenvalue weighted by Gasteiger charge is -2.12. The lowest BCUT2D eigenvalue weighted by atomic mass is 10.0. The number of hydrogen-bond donors (Lipinski definition) is 0. The van der Waals surface area contributed by atoms with Crippen molar-refractivity contribution in [3.63, 3.8) is 0 Å². The molecule has 6 nitrogen and oxygen atoms in total. The molecular weight excluding hydrogens is 270 g/mol. The molecule has 0 aliphatic rings. The summed E-state index contributed by atoms with van der Waals surface area (Å²) in [6.45, 7) is 2.22. The highest BCUT2D eigenvalue weighted by Gasteiger charge is 2.12. The van der Waals surface area contributed by atoms with Crippen LogP contribution in [-0.2, 0) is 33.5 Å². The van der Waals surface area contributed by atoms with E-state index in [9.17, 15) is 0 Å². The van der Waals surface area contributed by atoms with Crippen molar-refractivity contribution in [2.45, 2.75) is 38.5 Å². The van der Waals surface area contributed by atoms with Crippen molar-refractivity contribution < 1.29 is 14.2 Å². The monoisotopic (exact) mass is 297 g/mol. The normalized spacial score (nSPS) is 11.0. The summed E-state index contributed by atoms with van der Waals surface area (Å²) in [4.78, 5) is 0. The highest BCUT2D eigenvalue weighted by atomic mass is 16.5. The second kappa shape index (κ2) is 11.5. The fourth-order valence-electron chi connectivity index (χ4n) is 2.27. The Morgan fingerprint density at radius 3 is 1.52 bits per heavy atom. The van der Waals surface area contributed by atoms with E-state index < -0.39 is 0 Å². The van der Waals surface area contributed by atoms with Crippen molar-refractivity contribution in [1.29, 1.82) is 0 Å². The average molecular weight is 297 g/mol. The van der Waals surface area contributed by atoms with Gasteiger partial charge >= 0.3 is 0 Å². The third-order valence-corrected chi connectivity index (χ3v) is 3.33. The predicted molar refractivity (Wildman–Crippen MR) is 80.4 cm³/mol. The maximum Gasteiger partial charge on any atom is 0.0700 e. The first-order chi connectivity index (χ1) is 10.3. The van der Waals surface area contributed by atoms with Gasteiger partial charge in [0.1, 0.15) is 0 Å². The molecule has 0 atom stereocenters. The smallest absolute Gasteiger partial charge is 0.0700 e. The Bertz CT molecular complexity index is 360. The van der Waals surface area contributed by atoms with E-state index in [0.717, 1.165) is 69.7 Å². The molecule has 0 spiro atoms. The van der Waals surface area contributed by atoms with Crippen LogP contribution in [0.4, 0.5) is 0 Å². The number of methoxy groups -OCH3 is 3. The third kappa shape index (κ3) is 6.93. The summed E-state index contributed by atoms with van der Waals surface area (Å²) in [5.74, 6) is 0. The van der Waals surface area contributed by atoms with Gasteiger partial charge in [-0.05, 0) is 49.3 Å². The van der Waals surface area contributed by atoms with E-state index in [2.05, 4.69) is 15.4 Å². The Balaban J connectivity index is 2.75. The second-order valence-electron chi connectivity index (χ2n) is 4.95. The van der Waals surface area contributed by atoms with Crippen molar-refractivity contribution >= 4 is 0 Å². The molecule has 6 heteroatoms. The van der Waals surface area contributed by atoms with Gasteiger partial charge < -0.3 is 14.2 Å².